The van der Waals surface area contributed by atoms with Crippen LogP contribution in [0.15, 0.2) is 48.5 Å². The number of benzene rings is 2. The quantitative estimate of drug-likeness (QED) is 0.413. The predicted octanol–water partition coefficient (Wildman–Crippen LogP) is 6.91. The third kappa shape index (κ3) is 6.75. The topological polar surface area (TPSA) is 64.6 Å². The molecule has 2 aromatic rings. The average molecular weight is 486 g/mol. The normalized spacial score (nSPS) is 16.4. The van der Waals surface area contributed by atoms with Crippen molar-refractivity contribution in [2.24, 2.45) is 5.92 Å². The molecule has 2 atom stereocenters. The number of nitrogens with one attached hydrogen (secondary N) is 1. The highest BCUT2D eigenvalue weighted by atomic mass is 35.5. The molecule has 6 heteroatoms. The average Bonchev–Trinajstić information content (AvgIpc) is 2.82. The Bertz CT molecular complexity index is 984. The third-order valence-electron chi connectivity index (χ3n) is 6.87. The fraction of sp³-hybridized carbons (Fsp3) is 0.500. The van der Waals surface area contributed by atoms with Crippen LogP contribution in [0.3, 0.4) is 0 Å². The van der Waals surface area contributed by atoms with E-state index >= 15 is 0 Å². The number of rotatable bonds is 8. The SMILES string of the molecule is COC(=O)[C@H](CC1CCCCC1)NC(=O)OC(c1cccc(C)c1)C(C)(C)c1cccc(Cl)c1. The van der Waals surface area contributed by atoms with E-state index in [1.165, 1.54) is 13.5 Å². The summed E-state index contributed by atoms with van der Waals surface area (Å²) >= 11 is 6.27. The molecule has 0 heterocycles. The Morgan fingerprint density at radius 2 is 1.79 bits per heavy atom. The highest BCUT2D eigenvalue weighted by Gasteiger charge is 2.37. The molecule has 0 saturated heterocycles. The second-order valence-corrected chi connectivity index (χ2v) is 10.3. The molecule has 1 N–H and O–H groups in total. The van der Waals surface area contributed by atoms with Crippen molar-refractivity contribution >= 4 is 23.7 Å². The number of aryl methyl sites for hydroxylation is 1. The zero-order valence-electron chi connectivity index (χ0n) is 20.6. The number of hydrogen-bond acceptors (Lipinski definition) is 4. The highest BCUT2D eigenvalue weighted by Crippen LogP contribution is 2.40. The van der Waals surface area contributed by atoms with Crippen molar-refractivity contribution in [3.8, 4) is 0 Å². The van der Waals surface area contributed by atoms with Crippen molar-refractivity contribution in [3.05, 3.63) is 70.2 Å². The van der Waals surface area contributed by atoms with Crippen molar-refractivity contribution in [2.45, 2.75) is 76.9 Å². The van der Waals surface area contributed by atoms with E-state index < -0.39 is 29.6 Å². The van der Waals surface area contributed by atoms with Gasteiger partial charge in [0.05, 0.1) is 7.11 Å². The minimum atomic E-state index is -0.729. The van der Waals surface area contributed by atoms with E-state index in [2.05, 4.69) is 5.32 Å². The van der Waals surface area contributed by atoms with E-state index in [1.807, 2.05) is 69.3 Å². The standard InChI is InChI=1S/C28H36ClNO4/c1-19-10-8-13-21(16-19)25(28(2,3)22-14-9-15-23(29)18-22)34-27(32)30-24(26(31)33-4)17-20-11-6-5-7-12-20/h8-10,13-16,18,20,24-25H,5-7,11-12,17H2,1-4H3,(H,30,32)/t24-,25?/m0/s1. The summed E-state index contributed by atoms with van der Waals surface area (Å²) in [5.41, 5.74) is 2.31. The van der Waals surface area contributed by atoms with E-state index in [0.717, 1.165) is 42.4 Å². The summed E-state index contributed by atoms with van der Waals surface area (Å²) in [6.07, 6.45) is 5.01. The Labute approximate surface area is 208 Å². The predicted molar refractivity (Wildman–Crippen MR) is 135 cm³/mol. The molecule has 5 nitrogen and oxygen atoms in total. The van der Waals surface area contributed by atoms with Crippen molar-refractivity contribution < 1.29 is 19.1 Å². The van der Waals surface area contributed by atoms with Crippen LogP contribution < -0.4 is 5.32 Å². The van der Waals surface area contributed by atoms with Crippen molar-refractivity contribution in [1.29, 1.82) is 0 Å². The molecule has 2 aromatic carbocycles. The molecule has 1 unspecified atom stereocenters. The molecule has 0 bridgehead atoms. The fourth-order valence-corrected chi connectivity index (χ4v) is 5.09. The van der Waals surface area contributed by atoms with E-state index in [1.54, 1.807) is 0 Å². The van der Waals surface area contributed by atoms with Crippen LogP contribution in [-0.4, -0.2) is 25.2 Å². The summed E-state index contributed by atoms with van der Waals surface area (Å²) in [5, 5.41) is 3.42. The number of halogens is 1. The van der Waals surface area contributed by atoms with Gasteiger partial charge in [0.15, 0.2) is 0 Å². The molecule has 1 aliphatic carbocycles. The van der Waals surface area contributed by atoms with Crippen LogP contribution in [-0.2, 0) is 19.7 Å². The number of esters is 1. The molecule has 1 saturated carbocycles. The van der Waals surface area contributed by atoms with Gasteiger partial charge in [0.2, 0.25) is 0 Å². The van der Waals surface area contributed by atoms with Gasteiger partial charge in [-0.3, -0.25) is 0 Å². The van der Waals surface area contributed by atoms with Crippen molar-refractivity contribution in [2.75, 3.05) is 7.11 Å². The van der Waals surface area contributed by atoms with Crippen LogP contribution in [0, 0.1) is 12.8 Å². The van der Waals surface area contributed by atoms with Crippen LogP contribution in [0.2, 0.25) is 5.02 Å². The van der Waals surface area contributed by atoms with E-state index in [4.69, 9.17) is 21.1 Å². The van der Waals surface area contributed by atoms with Gasteiger partial charge in [-0.1, -0.05) is 99.5 Å². The molecule has 0 spiro atoms. The third-order valence-corrected chi connectivity index (χ3v) is 7.10. The lowest BCUT2D eigenvalue weighted by Crippen LogP contribution is -2.44. The van der Waals surface area contributed by atoms with Crippen LogP contribution >= 0.6 is 11.6 Å². The first-order chi connectivity index (χ1) is 16.2. The van der Waals surface area contributed by atoms with E-state index in [0.29, 0.717) is 17.4 Å². The van der Waals surface area contributed by atoms with Gasteiger partial charge in [-0.05, 0) is 42.5 Å². The van der Waals surface area contributed by atoms with E-state index in [-0.39, 0.29) is 0 Å². The van der Waals surface area contributed by atoms with Gasteiger partial charge in [0.1, 0.15) is 12.1 Å². The zero-order valence-corrected chi connectivity index (χ0v) is 21.4. The minimum Gasteiger partial charge on any atom is -0.467 e. The number of hydrogen-bond donors (Lipinski definition) is 1. The first-order valence-corrected chi connectivity index (χ1v) is 12.5. The lowest BCUT2D eigenvalue weighted by molar-refractivity contribution is -0.143. The molecule has 1 fully saturated rings. The molecule has 3 rings (SSSR count). The Balaban J connectivity index is 1.84. The number of amides is 1. The lowest BCUT2D eigenvalue weighted by Gasteiger charge is -2.35. The van der Waals surface area contributed by atoms with Crippen LogP contribution in [0.4, 0.5) is 4.79 Å². The van der Waals surface area contributed by atoms with Gasteiger partial charge >= 0.3 is 12.1 Å². The number of alkyl carbamates (subject to hydrolysis) is 1. The van der Waals surface area contributed by atoms with Gasteiger partial charge in [0.25, 0.3) is 0 Å². The Hall–Kier alpha value is -2.53. The second-order valence-electron chi connectivity index (χ2n) is 9.89. The van der Waals surface area contributed by atoms with Crippen molar-refractivity contribution in [3.63, 3.8) is 0 Å². The Morgan fingerprint density at radius 3 is 2.44 bits per heavy atom. The zero-order chi connectivity index (χ0) is 24.7. The molecule has 1 amide bonds. The number of carbonyl (C=O) groups excluding carboxylic acids is 2. The summed E-state index contributed by atoms with van der Waals surface area (Å²) < 4.78 is 11.1. The van der Waals surface area contributed by atoms with E-state index in [9.17, 15) is 9.59 Å². The highest BCUT2D eigenvalue weighted by molar-refractivity contribution is 6.30. The van der Waals surface area contributed by atoms with Gasteiger partial charge in [0, 0.05) is 10.4 Å². The maximum atomic E-state index is 13.2. The van der Waals surface area contributed by atoms with Crippen molar-refractivity contribution in [1.82, 2.24) is 5.32 Å². The number of carbonyl (C=O) groups is 2. The van der Waals surface area contributed by atoms with Gasteiger partial charge in [-0.15, -0.1) is 0 Å². The van der Waals surface area contributed by atoms with Gasteiger partial charge in [-0.2, -0.15) is 0 Å². The smallest absolute Gasteiger partial charge is 0.408 e. The summed E-state index contributed by atoms with van der Waals surface area (Å²) in [6.45, 7) is 6.06. The molecule has 0 aliphatic heterocycles. The Morgan fingerprint density at radius 1 is 1.09 bits per heavy atom. The van der Waals surface area contributed by atoms with Gasteiger partial charge < -0.3 is 14.8 Å². The van der Waals surface area contributed by atoms with Crippen LogP contribution in [0.1, 0.15) is 75.2 Å². The molecule has 34 heavy (non-hydrogen) atoms. The lowest BCUT2D eigenvalue weighted by atomic mass is 9.76. The second kappa shape index (κ2) is 11.7. The van der Waals surface area contributed by atoms with Gasteiger partial charge in [-0.25, -0.2) is 9.59 Å². The largest absolute Gasteiger partial charge is 0.467 e. The molecule has 184 valence electrons. The minimum absolute atomic E-state index is 0.397. The Kier molecular flexibility index (Phi) is 9.01. The molecular formula is C28H36ClNO4. The van der Waals surface area contributed by atoms with Crippen LogP contribution in [0.5, 0.6) is 0 Å². The van der Waals surface area contributed by atoms with Crippen LogP contribution in [0.25, 0.3) is 0 Å². The summed E-state index contributed by atoms with van der Waals surface area (Å²) in [6, 6.07) is 14.8. The summed E-state index contributed by atoms with van der Waals surface area (Å²) in [4.78, 5) is 25.6. The maximum Gasteiger partial charge on any atom is 0.408 e. The summed E-state index contributed by atoms with van der Waals surface area (Å²) in [5.74, 6) is -0.0441. The molecular weight excluding hydrogens is 450 g/mol. The monoisotopic (exact) mass is 485 g/mol. The maximum absolute atomic E-state index is 13.2. The molecule has 0 aromatic heterocycles. The fourth-order valence-electron chi connectivity index (χ4n) is 4.90. The molecule has 0 radical (unpaired) electrons. The first-order valence-electron chi connectivity index (χ1n) is 12.1. The molecule has 1 aliphatic rings. The summed E-state index contributed by atoms with van der Waals surface area (Å²) in [7, 11) is 1.35. The first kappa shape index (κ1) is 26.1. The number of ether oxygens (including phenoxy) is 2. The number of methoxy groups -OCH3 is 1.